The van der Waals surface area contributed by atoms with Gasteiger partial charge in [-0.2, -0.15) is 0 Å². The molecule has 2 rings (SSSR count). The average Bonchev–Trinajstić information content (AvgIpc) is 2.65. The van der Waals surface area contributed by atoms with Crippen LogP contribution in [0.15, 0.2) is 53.5 Å². The van der Waals surface area contributed by atoms with E-state index in [1.54, 1.807) is 24.3 Å². The van der Waals surface area contributed by atoms with Gasteiger partial charge in [-0.3, -0.25) is 0 Å². The second kappa shape index (κ2) is 9.42. The van der Waals surface area contributed by atoms with Gasteiger partial charge in [0.05, 0.1) is 19.2 Å². The Bertz CT molecular complexity index is 712. The Labute approximate surface area is 146 Å². The van der Waals surface area contributed by atoms with E-state index < -0.39 is 0 Å². The average molecular weight is 343 g/mol. The summed E-state index contributed by atoms with van der Waals surface area (Å²) in [5.41, 5.74) is 2.46. The number of guanidine groups is 1. The van der Waals surface area contributed by atoms with Crippen molar-refractivity contribution in [2.75, 3.05) is 13.7 Å². The Morgan fingerprint density at radius 1 is 1.04 bits per heavy atom. The monoisotopic (exact) mass is 343 g/mol. The molecule has 0 unspecified atom stereocenters. The number of hydrogen-bond acceptors (Lipinski definition) is 3. The summed E-state index contributed by atoms with van der Waals surface area (Å²) in [4.78, 5) is 15.9. The van der Waals surface area contributed by atoms with Gasteiger partial charge in [0.1, 0.15) is 5.82 Å². The van der Waals surface area contributed by atoms with E-state index in [-0.39, 0.29) is 11.8 Å². The van der Waals surface area contributed by atoms with Crippen LogP contribution in [0.25, 0.3) is 0 Å². The molecule has 0 saturated heterocycles. The fourth-order valence-electron chi connectivity index (χ4n) is 2.16. The van der Waals surface area contributed by atoms with Crippen molar-refractivity contribution in [2.45, 2.75) is 20.0 Å². The van der Waals surface area contributed by atoms with E-state index in [0.29, 0.717) is 24.6 Å². The number of benzene rings is 2. The lowest BCUT2D eigenvalue weighted by molar-refractivity contribution is 0.0600. The van der Waals surface area contributed by atoms with Crippen LogP contribution in [0, 0.1) is 5.82 Å². The molecule has 0 atom stereocenters. The number of halogens is 1. The summed E-state index contributed by atoms with van der Waals surface area (Å²) in [5, 5.41) is 6.37. The molecule has 0 spiro atoms. The van der Waals surface area contributed by atoms with Gasteiger partial charge in [0.2, 0.25) is 0 Å². The van der Waals surface area contributed by atoms with Crippen molar-refractivity contribution in [2.24, 2.45) is 4.99 Å². The molecular formula is C19H22FN3O2. The smallest absolute Gasteiger partial charge is 0.337 e. The third-order valence-electron chi connectivity index (χ3n) is 3.51. The highest BCUT2D eigenvalue weighted by Gasteiger charge is 2.04. The minimum absolute atomic E-state index is 0.250. The van der Waals surface area contributed by atoms with E-state index in [1.807, 2.05) is 19.1 Å². The molecule has 0 aliphatic carbocycles. The van der Waals surface area contributed by atoms with Crippen molar-refractivity contribution in [1.82, 2.24) is 10.6 Å². The SMILES string of the molecule is CCNC(=NCc1ccc(C(=O)OC)cc1)NCc1ccc(F)cc1. The zero-order valence-corrected chi connectivity index (χ0v) is 14.4. The molecule has 0 saturated carbocycles. The fraction of sp³-hybridized carbons (Fsp3) is 0.263. The molecule has 0 bridgehead atoms. The van der Waals surface area contributed by atoms with Gasteiger partial charge < -0.3 is 15.4 Å². The van der Waals surface area contributed by atoms with Crippen molar-refractivity contribution < 1.29 is 13.9 Å². The molecule has 0 aromatic heterocycles. The number of carbonyl (C=O) groups is 1. The van der Waals surface area contributed by atoms with Gasteiger partial charge in [-0.25, -0.2) is 14.2 Å². The molecule has 2 aromatic rings. The lowest BCUT2D eigenvalue weighted by Gasteiger charge is -2.11. The highest BCUT2D eigenvalue weighted by molar-refractivity contribution is 5.89. The van der Waals surface area contributed by atoms with Gasteiger partial charge in [-0.05, 0) is 42.3 Å². The van der Waals surface area contributed by atoms with Crippen LogP contribution in [-0.4, -0.2) is 25.6 Å². The van der Waals surface area contributed by atoms with E-state index in [0.717, 1.165) is 17.7 Å². The predicted octanol–water partition coefficient (Wildman–Crippen LogP) is 2.87. The lowest BCUT2D eigenvalue weighted by atomic mass is 10.1. The summed E-state index contributed by atoms with van der Waals surface area (Å²) < 4.78 is 17.6. The van der Waals surface area contributed by atoms with Crippen LogP contribution in [-0.2, 0) is 17.8 Å². The van der Waals surface area contributed by atoms with Crippen LogP contribution >= 0.6 is 0 Å². The molecule has 5 nitrogen and oxygen atoms in total. The van der Waals surface area contributed by atoms with Gasteiger partial charge in [-0.1, -0.05) is 24.3 Å². The normalized spacial score (nSPS) is 11.1. The van der Waals surface area contributed by atoms with E-state index >= 15 is 0 Å². The molecule has 2 N–H and O–H groups in total. The van der Waals surface area contributed by atoms with Crippen LogP contribution in [0.5, 0.6) is 0 Å². The first kappa shape index (κ1) is 18.4. The molecule has 0 fully saturated rings. The van der Waals surface area contributed by atoms with Crippen molar-refractivity contribution in [3.8, 4) is 0 Å². The highest BCUT2D eigenvalue weighted by Crippen LogP contribution is 2.07. The molecule has 2 aromatic carbocycles. The number of nitrogens with zero attached hydrogens (tertiary/aromatic N) is 1. The number of aliphatic imine (C=N–C) groups is 1. The number of ether oxygens (including phenoxy) is 1. The molecule has 25 heavy (non-hydrogen) atoms. The van der Waals surface area contributed by atoms with Crippen molar-refractivity contribution in [3.63, 3.8) is 0 Å². The summed E-state index contributed by atoms with van der Waals surface area (Å²) in [7, 11) is 1.36. The Hall–Kier alpha value is -2.89. The van der Waals surface area contributed by atoms with Gasteiger partial charge in [-0.15, -0.1) is 0 Å². The van der Waals surface area contributed by atoms with E-state index in [4.69, 9.17) is 0 Å². The van der Waals surface area contributed by atoms with Gasteiger partial charge in [0.15, 0.2) is 5.96 Å². The summed E-state index contributed by atoms with van der Waals surface area (Å²) >= 11 is 0. The lowest BCUT2D eigenvalue weighted by Crippen LogP contribution is -2.36. The first-order valence-electron chi connectivity index (χ1n) is 8.06. The third kappa shape index (κ3) is 5.91. The largest absolute Gasteiger partial charge is 0.465 e. The maximum Gasteiger partial charge on any atom is 0.337 e. The van der Waals surface area contributed by atoms with Gasteiger partial charge in [0.25, 0.3) is 0 Å². The standard InChI is InChI=1S/C19H22FN3O2/c1-3-21-19(23-13-15-6-10-17(20)11-7-15)22-12-14-4-8-16(9-5-14)18(24)25-2/h4-11H,3,12-13H2,1-2H3,(H2,21,22,23). The van der Waals surface area contributed by atoms with Crippen LogP contribution in [0.1, 0.15) is 28.4 Å². The second-order valence-corrected chi connectivity index (χ2v) is 5.36. The minimum Gasteiger partial charge on any atom is -0.465 e. The van der Waals surface area contributed by atoms with Crippen LogP contribution in [0.2, 0.25) is 0 Å². The molecule has 0 aliphatic heterocycles. The molecule has 6 heteroatoms. The topological polar surface area (TPSA) is 62.7 Å². The van der Waals surface area contributed by atoms with E-state index in [2.05, 4.69) is 20.4 Å². The first-order valence-corrected chi connectivity index (χ1v) is 8.06. The highest BCUT2D eigenvalue weighted by atomic mass is 19.1. The first-order chi connectivity index (χ1) is 12.1. The number of esters is 1. The van der Waals surface area contributed by atoms with Crippen LogP contribution in [0.4, 0.5) is 4.39 Å². The van der Waals surface area contributed by atoms with Gasteiger partial charge in [0, 0.05) is 13.1 Å². The van der Waals surface area contributed by atoms with Gasteiger partial charge >= 0.3 is 5.97 Å². The fourth-order valence-corrected chi connectivity index (χ4v) is 2.16. The van der Waals surface area contributed by atoms with Crippen molar-refractivity contribution >= 4 is 11.9 Å². The van der Waals surface area contributed by atoms with E-state index in [9.17, 15) is 9.18 Å². The number of rotatable bonds is 6. The molecule has 0 aliphatic rings. The summed E-state index contributed by atoms with van der Waals surface area (Å²) in [6.45, 7) is 3.74. The Balaban J connectivity index is 1.96. The Morgan fingerprint density at radius 2 is 1.68 bits per heavy atom. The predicted molar refractivity (Wildman–Crippen MR) is 95.8 cm³/mol. The number of carbonyl (C=O) groups excluding carboxylic acids is 1. The number of methoxy groups -OCH3 is 1. The zero-order valence-electron chi connectivity index (χ0n) is 14.4. The number of nitrogens with one attached hydrogen (secondary N) is 2. The Morgan fingerprint density at radius 3 is 2.28 bits per heavy atom. The maximum absolute atomic E-state index is 12.9. The molecule has 0 amide bonds. The zero-order chi connectivity index (χ0) is 18.1. The quantitative estimate of drug-likeness (QED) is 0.481. The Kier molecular flexibility index (Phi) is 6.95. The van der Waals surface area contributed by atoms with Crippen LogP contribution in [0.3, 0.4) is 0 Å². The van der Waals surface area contributed by atoms with Crippen molar-refractivity contribution in [3.05, 3.63) is 71.0 Å². The summed E-state index contributed by atoms with van der Waals surface area (Å²) in [5.74, 6) is 0.0629. The molecule has 0 heterocycles. The second-order valence-electron chi connectivity index (χ2n) is 5.36. The van der Waals surface area contributed by atoms with E-state index in [1.165, 1.54) is 19.2 Å². The van der Waals surface area contributed by atoms with Crippen LogP contribution < -0.4 is 10.6 Å². The minimum atomic E-state index is -0.357. The summed E-state index contributed by atoms with van der Waals surface area (Å²) in [6, 6.07) is 13.5. The molecular weight excluding hydrogens is 321 g/mol. The summed E-state index contributed by atoms with van der Waals surface area (Å²) in [6.07, 6.45) is 0. The molecule has 132 valence electrons. The third-order valence-corrected chi connectivity index (χ3v) is 3.51. The molecule has 0 radical (unpaired) electrons. The van der Waals surface area contributed by atoms with Crippen molar-refractivity contribution in [1.29, 1.82) is 0 Å². The maximum atomic E-state index is 12.9. The number of hydrogen-bond donors (Lipinski definition) is 2.